The van der Waals surface area contributed by atoms with Gasteiger partial charge in [0.05, 0.1) is 12.7 Å². The van der Waals surface area contributed by atoms with Gasteiger partial charge >= 0.3 is 0 Å². The van der Waals surface area contributed by atoms with Crippen LogP contribution in [0, 0.1) is 17.5 Å². The van der Waals surface area contributed by atoms with E-state index in [2.05, 4.69) is 25.6 Å². The van der Waals surface area contributed by atoms with Crippen molar-refractivity contribution in [1.29, 1.82) is 0 Å². The standard InChI is InChI=1S/C18H16F3N5O2/c1-28-17-15(20)11(10-12(19)16(17)21)18(27)23-7-6-22-13-4-5-14(25-24-13)26-8-2-3-9-26/h2-5,8-10H,6-7H2,1H3,(H,22,24)(H,23,27). The monoisotopic (exact) mass is 391 g/mol. The number of methoxy groups -OCH3 is 1. The second kappa shape index (κ2) is 8.42. The number of amides is 1. The highest BCUT2D eigenvalue weighted by molar-refractivity contribution is 5.95. The summed E-state index contributed by atoms with van der Waals surface area (Å²) in [7, 11) is 0.981. The van der Waals surface area contributed by atoms with E-state index in [1.165, 1.54) is 0 Å². The summed E-state index contributed by atoms with van der Waals surface area (Å²) >= 11 is 0. The third-order valence-electron chi connectivity index (χ3n) is 3.80. The summed E-state index contributed by atoms with van der Waals surface area (Å²) in [6.07, 6.45) is 3.66. The third-order valence-corrected chi connectivity index (χ3v) is 3.80. The fraction of sp³-hybridized carbons (Fsp3) is 0.167. The van der Waals surface area contributed by atoms with Crippen LogP contribution in [0.1, 0.15) is 10.4 Å². The summed E-state index contributed by atoms with van der Waals surface area (Å²) in [5.41, 5.74) is -0.647. The molecule has 1 amide bonds. The third kappa shape index (κ3) is 4.05. The lowest BCUT2D eigenvalue weighted by Crippen LogP contribution is -2.30. The predicted molar refractivity (Wildman–Crippen MR) is 95.0 cm³/mol. The Kier molecular flexibility index (Phi) is 5.78. The molecule has 10 heteroatoms. The summed E-state index contributed by atoms with van der Waals surface area (Å²) in [5.74, 6) is -4.85. The topological polar surface area (TPSA) is 81.1 Å². The SMILES string of the molecule is COc1c(F)c(F)cc(C(=O)NCCNc2ccc(-n3cccc3)nn2)c1F. The molecule has 28 heavy (non-hydrogen) atoms. The highest BCUT2D eigenvalue weighted by Crippen LogP contribution is 2.26. The number of aromatic nitrogens is 3. The van der Waals surface area contributed by atoms with Crippen molar-refractivity contribution in [3.63, 3.8) is 0 Å². The maximum Gasteiger partial charge on any atom is 0.254 e. The van der Waals surface area contributed by atoms with E-state index in [-0.39, 0.29) is 13.1 Å². The molecule has 0 aliphatic carbocycles. The van der Waals surface area contributed by atoms with Crippen molar-refractivity contribution in [3.8, 4) is 11.6 Å². The Balaban J connectivity index is 1.54. The quantitative estimate of drug-likeness (QED) is 0.478. The van der Waals surface area contributed by atoms with Gasteiger partial charge < -0.3 is 19.9 Å². The molecule has 0 atom stereocenters. The Morgan fingerprint density at radius 3 is 2.50 bits per heavy atom. The average molecular weight is 391 g/mol. The second-order valence-electron chi connectivity index (χ2n) is 5.62. The first-order valence-corrected chi connectivity index (χ1v) is 8.22. The van der Waals surface area contributed by atoms with Gasteiger partial charge in [-0.1, -0.05) is 0 Å². The number of benzene rings is 1. The van der Waals surface area contributed by atoms with Crippen LogP contribution in [-0.4, -0.2) is 40.9 Å². The van der Waals surface area contributed by atoms with Gasteiger partial charge in [0.2, 0.25) is 5.82 Å². The number of anilines is 1. The van der Waals surface area contributed by atoms with Crippen molar-refractivity contribution in [2.75, 3.05) is 25.5 Å². The summed E-state index contributed by atoms with van der Waals surface area (Å²) in [6.45, 7) is 0.340. The van der Waals surface area contributed by atoms with E-state index in [1.807, 2.05) is 24.5 Å². The zero-order valence-corrected chi connectivity index (χ0v) is 14.7. The Hall–Kier alpha value is -3.56. The van der Waals surface area contributed by atoms with Gasteiger partial charge in [0, 0.05) is 25.5 Å². The molecule has 0 bridgehead atoms. The van der Waals surface area contributed by atoms with Crippen molar-refractivity contribution in [3.05, 3.63) is 65.7 Å². The van der Waals surface area contributed by atoms with Gasteiger partial charge in [-0.25, -0.2) is 8.78 Å². The average Bonchev–Trinajstić information content (AvgIpc) is 3.23. The van der Waals surface area contributed by atoms with E-state index < -0.39 is 34.7 Å². The van der Waals surface area contributed by atoms with Crippen LogP contribution < -0.4 is 15.4 Å². The maximum absolute atomic E-state index is 14.1. The number of nitrogens with one attached hydrogen (secondary N) is 2. The summed E-state index contributed by atoms with van der Waals surface area (Å²) in [5, 5.41) is 13.4. The van der Waals surface area contributed by atoms with Crippen LogP contribution in [0.15, 0.2) is 42.7 Å². The minimum Gasteiger partial charge on any atom is -0.491 e. The van der Waals surface area contributed by atoms with Crippen LogP contribution in [0.2, 0.25) is 0 Å². The molecule has 2 aromatic heterocycles. The molecule has 0 aliphatic heterocycles. The van der Waals surface area contributed by atoms with Crippen LogP contribution in [0.25, 0.3) is 5.82 Å². The fourth-order valence-electron chi connectivity index (χ4n) is 2.43. The van der Waals surface area contributed by atoms with Crippen molar-refractivity contribution < 1.29 is 22.7 Å². The second-order valence-corrected chi connectivity index (χ2v) is 5.62. The smallest absolute Gasteiger partial charge is 0.254 e. The van der Waals surface area contributed by atoms with Crippen LogP contribution in [0.3, 0.4) is 0 Å². The molecule has 0 spiro atoms. The molecule has 0 unspecified atom stereocenters. The number of rotatable bonds is 7. The number of ether oxygens (including phenoxy) is 1. The van der Waals surface area contributed by atoms with Gasteiger partial charge in [-0.15, -0.1) is 10.2 Å². The largest absolute Gasteiger partial charge is 0.491 e. The fourth-order valence-corrected chi connectivity index (χ4v) is 2.43. The van der Waals surface area contributed by atoms with E-state index in [9.17, 15) is 18.0 Å². The van der Waals surface area contributed by atoms with Crippen molar-refractivity contribution >= 4 is 11.7 Å². The van der Waals surface area contributed by atoms with Gasteiger partial charge in [-0.05, 0) is 30.3 Å². The molecule has 2 heterocycles. The number of hydrogen-bond acceptors (Lipinski definition) is 5. The Morgan fingerprint density at radius 1 is 1.11 bits per heavy atom. The predicted octanol–water partition coefficient (Wildman–Crippen LogP) is 2.54. The molecule has 0 saturated carbocycles. The normalized spacial score (nSPS) is 10.6. The maximum atomic E-state index is 14.1. The number of carbonyl (C=O) groups excluding carboxylic acids is 1. The molecule has 3 aromatic rings. The summed E-state index contributed by atoms with van der Waals surface area (Å²) < 4.78 is 47.2. The van der Waals surface area contributed by atoms with Crippen molar-refractivity contribution in [2.24, 2.45) is 0 Å². The molecule has 2 N–H and O–H groups in total. The lowest BCUT2D eigenvalue weighted by atomic mass is 10.1. The molecule has 0 radical (unpaired) electrons. The molecule has 146 valence electrons. The highest BCUT2D eigenvalue weighted by Gasteiger charge is 2.23. The van der Waals surface area contributed by atoms with E-state index in [0.29, 0.717) is 17.7 Å². The molecule has 0 fully saturated rings. The molecule has 0 aliphatic rings. The van der Waals surface area contributed by atoms with E-state index >= 15 is 0 Å². The minimum absolute atomic E-state index is 0.0839. The van der Waals surface area contributed by atoms with Crippen LogP contribution in [0.5, 0.6) is 5.75 Å². The lowest BCUT2D eigenvalue weighted by Gasteiger charge is -2.11. The zero-order chi connectivity index (χ0) is 20.1. The first-order valence-electron chi connectivity index (χ1n) is 8.22. The first kappa shape index (κ1) is 19.2. The molecule has 0 saturated heterocycles. The molecular weight excluding hydrogens is 375 g/mol. The van der Waals surface area contributed by atoms with Crippen molar-refractivity contribution in [1.82, 2.24) is 20.1 Å². The Bertz CT molecular complexity index is 962. The molecular formula is C18H16F3N5O2. The van der Waals surface area contributed by atoms with Gasteiger partial charge in [0.25, 0.3) is 5.91 Å². The van der Waals surface area contributed by atoms with Gasteiger partial charge in [-0.3, -0.25) is 4.79 Å². The Labute approximate surface area is 158 Å². The number of nitrogens with zero attached hydrogens (tertiary/aromatic N) is 3. The molecule has 3 rings (SSSR count). The Morgan fingerprint density at radius 2 is 1.86 bits per heavy atom. The number of carbonyl (C=O) groups is 1. The molecule has 7 nitrogen and oxygen atoms in total. The van der Waals surface area contributed by atoms with E-state index in [1.54, 1.807) is 16.7 Å². The van der Waals surface area contributed by atoms with E-state index in [4.69, 9.17) is 0 Å². The summed E-state index contributed by atoms with van der Waals surface area (Å²) in [4.78, 5) is 12.0. The van der Waals surface area contributed by atoms with Crippen molar-refractivity contribution in [2.45, 2.75) is 0 Å². The van der Waals surface area contributed by atoms with E-state index in [0.717, 1.165) is 7.11 Å². The molecule has 1 aromatic carbocycles. The van der Waals surface area contributed by atoms with Gasteiger partial charge in [0.15, 0.2) is 23.2 Å². The zero-order valence-electron chi connectivity index (χ0n) is 14.7. The van der Waals surface area contributed by atoms with Crippen LogP contribution in [0.4, 0.5) is 19.0 Å². The van der Waals surface area contributed by atoms with Crippen LogP contribution in [-0.2, 0) is 0 Å². The minimum atomic E-state index is -1.49. The van der Waals surface area contributed by atoms with Gasteiger partial charge in [0.1, 0.15) is 5.82 Å². The highest BCUT2D eigenvalue weighted by atomic mass is 19.2. The summed E-state index contributed by atoms with van der Waals surface area (Å²) in [6, 6.07) is 7.69. The number of hydrogen-bond donors (Lipinski definition) is 2. The first-order chi connectivity index (χ1) is 13.5. The van der Waals surface area contributed by atoms with Gasteiger partial charge in [-0.2, -0.15) is 4.39 Å². The number of halogens is 3. The lowest BCUT2D eigenvalue weighted by molar-refractivity contribution is 0.0949. The van der Waals surface area contributed by atoms with Crippen LogP contribution >= 0.6 is 0 Å².